The SMILES string of the molecule is CO[C](=[Cr])C1CCC(C)=C(C)C1. The van der Waals surface area contributed by atoms with Crippen LogP contribution in [0.3, 0.4) is 0 Å². The zero-order valence-corrected chi connectivity index (χ0v) is 9.29. The van der Waals surface area contributed by atoms with Crippen LogP contribution in [-0.4, -0.2) is 11.7 Å². The molecule has 0 saturated heterocycles. The summed E-state index contributed by atoms with van der Waals surface area (Å²) in [5, 5.41) is 0. The van der Waals surface area contributed by atoms with E-state index in [0.29, 0.717) is 5.92 Å². The molecule has 12 heavy (non-hydrogen) atoms. The Bertz CT molecular complexity index is 218. The van der Waals surface area contributed by atoms with Crippen LogP contribution >= 0.6 is 0 Å². The molecule has 0 spiro atoms. The van der Waals surface area contributed by atoms with E-state index in [1.807, 2.05) is 0 Å². The molecule has 0 N–H and O–H groups in total. The predicted molar refractivity (Wildman–Crippen MR) is 47.7 cm³/mol. The molecule has 0 fully saturated rings. The Morgan fingerprint density at radius 1 is 1.42 bits per heavy atom. The van der Waals surface area contributed by atoms with Crippen molar-refractivity contribution in [1.29, 1.82) is 0 Å². The van der Waals surface area contributed by atoms with Gasteiger partial charge < -0.3 is 0 Å². The predicted octanol–water partition coefficient (Wildman–Crippen LogP) is 2.45. The van der Waals surface area contributed by atoms with E-state index in [2.05, 4.69) is 29.7 Å². The number of hydrogen-bond donors (Lipinski definition) is 0. The number of allylic oxidation sites excluding steroid dienone is 2. The standard InChI is InChI=1S/C10H16O.Cr/c1-8-4-5-10(7-11-3)6-9(8)2;/h10H,4-6H2,1-3H3;. The van der Waals surface area contributed by atoms with Crippen molar-refractivity contribution < 1.29 is 20.6 Å². The topological polar surface area (TPSA) is 9.23 Å². The van der Waals surface area contributed by atoms with Crippen molar-refractivity contribution >= 4 is 4.57 Å². The van der Waals surface area contributed by atoms with E-state index >= 15 is 0 Å². The van der Waals surface area contributed by atoms with Crippen molar-refractivity contribution in [3.05, 3.63) is 11.1 Å². The molecule has 0 amide bonds. The summed E-state index contributed by atoms with van der Waals surface area (Å²) in [6.45, 7) is 4.46. The van der Waals surface area contributed by atoms with E-state index in [4.69, 9.17) is 4.74 Å². The van der Waals surface area contributed by atoms with Crippen LogP contribution in [-0.2, 0) is 20.6 Å². The molecule has 1 aliphatic rings. The van der Waals surface area contributed by atoms with Gasteiger partial charge in [0.05, 0.1) is 0 Å². The van der Waals surface area contributed by atoms with Crippen LogP contribution in [0.2, 0.25) is 0 Å². The van der Waals surface area contributed by atoms with Crippen LogP contribution in [0.15, 0.2) is 11.1 Å². The van der Waals surface area contributed by atoms with Crippen molar-refractivity contribution in [2.75, 3.05) is 7.11 Å². The quantitative estimate of drug-likeness (QED) is 0.628. The second-order valence-corrected chi connectivity index (χ2v) is 4.15. The zero-order chi connectivity index (χ0) is 9.14. The first-order valence-corrected chi connectivity index (χ1v) is 5.02. The normalized spacial score (nSPS) is 24.4. The molecule has 0 aromatic rings. The summed E-state index contributed by atoms with van der Waals surface area (Å²) in [4.78, 5) is 0. The number of hydrogen-bond acceptors (Lipinski definition) is 1. The van der Waals surface area contributed by atoms with Gasteiger partial charge in [0.2, 0.25) is 0 Å². The summed E-state index contributed by atoms with van der Waals surface area (Å²) in [6, 6.07) is 0. The number of rotatable bonds is 2. The van der Waals surface area contributed by atoms with Crippen LogP contribution < -0.4 is 0 Å². The molecule has 0 aromatic carbocycles. The van der Waals surface area contributed by atoms with Crippen LogP contribution in [0.5, 0.6) is 0 Å². The van der Waals surface area contributed by atoms with Gasteiger partial charge in [-0.25, -0.2) is 0 Å². The van der Waals surface area contributed by atoms with Gasteiger partial charge in [-0.3, -0.25) is 0 Å². The second kappa shape index (κ2) is 4.37. The first kappa shape index (κ1) is 10.2. The van der Waals surface area contributed by atoms with Gasteiger partial charge in [0.15, 0.2) is 0 Å². The summed E-state index contributed by atoms with van der Waals surface area (Å²) in [5.41, 5.74) is 3.10. The van der Waals surface area contributed by atoms with E-state index in [-0.39, 0.29) is 0 Å². The molecule has 0 saturated carbocycles. The van der Waals surface area contributed by atoms with Crippen LogP contribution in [0.4, 0.5) is 0 Å². The Morgan fingerprint density at radius 2 is 2.08 bits per heavy atom. The van der Waals surface area contributed by atoms with E-state index in [1.165, 1.54) is 24.8 Å². The van der Waals surface area contributed by atoms with Crippen molar-refractivity contribution in [3.8, 4) is 0 Å². The third kappa shape index (κ3) is 2.29. The molecule has 0 aliphatic heterocycles. The third-order valence-electron chi connectivity index (χ3n) is 2.68. The maximum atomic E-state index is 5.21. The van der Waals surface area contributed by atoms with Crippen LogP contribution in [0.1, 0.15) is 33.1 Å². The average molecular weight is 204 g/mol. The van der Waals surface area contributed by atoms with Gasteiger partial charge in [0.1, 0.15) is 0 Å². The first-order chi connectivity index (χ1) is 5.65. The summed E-state index contributed by atoms with van der Waals surface area (Å²) >= 11 is 3.00. The minimum absolute atomic E-state index is 0.610. The van der Waals surface area contributed by atoms with Crippen LogP contribution in [0, 0.1) is 5.92 Å². The van der Waals surface area contributed by atoms with E-state index < -0.39 is 0 Å². The Morgan fingerprint density at radius 3 is 2.58 bits per heavy atom. The molecule has 1 atom stereocenters. The monoisotopic (exact) mass is 204 g/mol. The molecule has 0 heterocycles. The van der Waals surface area contributed by atoms with Gasteiger partial charge in [0, 0.05) is 0 Å². The van der Waals surface area contributed by atoms with Gasteiger partial charge in [-0.15, -0.1) is 0 Å². The molecule has 0 bridgehead atoms. The molecule has 0 radical (unpaired) electrons. The van der Waals surface area contributed by atoms with E-state index in [9.17, 15) is 0 Å². The van der Waals surface area contributed by atoms with Crippen molar-refractivity contribution in [1.82, 2.24) is 0 Å². The van der Waals surface area contributed by atoms with Crippen molar-refractivity contribution in [2.45, 2.75) is 33.1 Å². The van der Waals surface area contributed by atoms with Gasteiger partial charge in [-0.05, 0) is 0 Å². The molecule has 2 heteroatoms. The first-order valence-electron chi connectivity index (χ1n) is 4.38. The molecule has 1 aliphatic carbocycles. The minimum atomic E-state index is 0.610. The summed E-state index contributed by atoms with van der Waals surface area (Å²) in [5.74, 6) is 0.610. The Kier molecular flexibility index (Phi) is 3.71. The molecule has 0 aromatic heterocycles. The number of methoxy groups -OCH3 is 1. The molecule has 1 rings (SSSR count). The fraction of sp³-hybridized carbons (Fsp3) is 0.700. The summed E-state index contributed by atoms with van der Waals surface area (Å²) < 4.78 is 6.28. The number of ether oxygens (including phenoxy) is 1. The van der Waals surface area contributed by atoms with Crippen molar-refractivity contribution in [2.24, 2.45) is 5.92 Å². The Labute approximate surface area is 82.8 Å². The van der Waals surface area contributed by atoms with Crippen LogP contribution in [0.25, 0.3) is 0 Å². The summed E-state index contributed by atoms with van der Waals surface area (Å²) in [7, 11) is 1.74. The fourth-order valence-electron chi connectivity index (χ4n) is 1.62. The Balaban J connectivity index is 2.60. The molecule has 1 nitrogen and oxygen atoms in total. The average Bonchev–Trinajstić information content (AvgIpc) is 2.08. The molecular weight excluding hydrogens is 188 g/mol. The zero-order valence-electron chi connectivity index (χ0n) is 8.02. The van der Waals surface area contributed by atoms with Gasteiger partial charge in [-0.2, -0.15) is 0 Å². The summed E-state index contributed by atoms with van der Waals surface area (Å²) in [6.07, 6.45) is 3.63. The van der Waals surface area contributed by atoms with E-state index in [1.54, 1.807) is 12.7 Å². The fourth-order valence-corrected chi connectivity index (χ4v) is 1.93. The van der Waals surface area contributed by atoms with Crippen molar-refractivity contribution in [3.63, 3.8) is 0 Å². The van der Waals surface area contributed by atoms with E-state index in [0.717, 1.165) is 4.57 Å². The molecule has 68 valence electrons. The maximum absolute atomic E-state index is 5.21. The third-order valence-corrected chi connectivity index (χ3v) is 3.46. The second-order valence-electron chi connectivity index (χ2n) is 3.52. The van der Waals surface area contributed by atoms with Gasteiger partial charge in [0.25, 0.3) is 0 Å². The molecule has 1 unspecified atom stereocenters. The Hall–Kier alpha value is 0.102. The van der Waals surface area contributed by atoms with Gasteiger partial charge in [-0.1, -0.05) is 0 Å². The van der Waals surface area contributed by atoms with Gasteiger partial charge >= 0.3 is 82.4 Å². The molecular formula is C10H16CrO.